The molecule has 0 radical (unpaired) electrons. The first-order valence-electron chi connectivity index (χ1n) is 8.75. The smallest absolute Gasteiger partial charge is 0.192 e. The second-order valence-corrected chi connectivity index (χ2v) is 7.37. The summed E-state index contributed by atoms with van der Waals surface area (Å²) in [5, 5.41) is 9.84. The topological polar surface area (TPSA) is 66.2 Å². The fourth-order valence-electron chi connectivity index (χ4n) is 2.74. The molecule has 1 aromatic heterocycles. The van der Waals surface area contributed by atoms with Crippen molar-refractivity contribution in [2.75, 3.05) is 20.0 Å². The highest BCUT2D eigenvalue weighted by atomic mass is 35.5. The van der Waals surface area contributed by atoms with Crippen molar-refractivity contribution in [2.45, 2.75) is 11.7 Å². The minimum absolute atomic E-state index is 0.0734. The van der Waals surface area contributed by atoms with Crippen LogP contribution in [0.3, 0.4) is 0 Å². The van der Waals surface area contributed by atoms with Gasteiger partial charge in [-0.3, -0.25) is 9.36 Å². The second-order valence-electron chi connectivity index (χ2n) is 5.99. The molecule has 0 atom stereocenters. The molecule has 0 fully saturated rings. The summed E-state index contributed by atoms with van der Waals surface area (Å²) >= 11 is 7.29. The molecule has 0 spiro atoms. The fourth-order valence-corrected chi connectivity index (χ4v) is 3.70. The van der Waals surface area contributed by atoms with Gasteiger partial charge in [-0.25, -0.2) is 0 Å². The molecule has 0 saturated carbocycles. The third kappa shape index (κ3) is 4.81. The highest BCUT2D eigenvalue weighted by Crippen LogP contribution is 2.29. The SMILES string of the molecule is C=CCn1c(SCC(=O)c2ccc(OC)cc2OC)nnc1-c1ccc(Cl)cc1. The molecule has 0 saturated heterocycles. The number of ether oxygens (including phenoxy) is 2. The highest BCUT2D eigenvalue weighted by molar-refractivity contribution is 7.99. The first kappa shape index (κ1) is 21.0. The van der Waals surface area contributed by atoms with Gasteiger partial charge in [-0.2, -0.15) is 0 Å². The summed E-state index contributed by atoms with van der Waals surface area (Å²) in [5.74, 6) is 1.92. The molecule has 0 aliphatic heterocycles. The number of rotatable bonds is 9. The number of carbonyl (C=O) groups is 1. The van der Waals surface area contributed by atoms with Crippen LogP contribution in [0.1, 0.15) is 10.4 Å². The molecule has 0 unspecified atom stereocenters. The van der Waals surface area contributed by atoms with E-state index < -0.39 is 0 Å². The summed E-state index contributed by atoms with van der Waals surface area (Å²) in [6.45, 7) is 4.33. The Bertz CT molecular complexity index is 1020. The normalized spacial score (nSPS) is 10.6. The van der Waals surface area contributed by atoms with Crippen molar-refractivity contribution < 1.29 is 14.3 Å². The predicted molar refractivity (Wildman–Crippen MR) is 115 cm³/mol. The average Bonchev–Trinajstić information content (AvgIpc) is 3.14. The lowest BCUT2D eigenvalue weighted by Crippen LogP contribution is -2.07. The van der Waals surface area contributed by atoms with Crippen molar-refractivity contribution in [3.8, 4) is 22.9 Å². The summed E-state index contributed by atoms with van der Waals surface area (Å²) in [6, 6.07) is 12.5. The molecule has 0 amide bonds. The van der Waals surface area contributed by atoms with Crippen molar-refractivity contribution in [1.82, 2.24) is 14.8 Å². The predicted octanol–water partition coefficient (Wildman–Crippen LogP) is 4.78. The largest absolute Gasteiger partial charge is 0.497 e. The molecule has 0 N–H and O–H groups in total. The minimum Gasteiger partial charge on any atom is -0.497 e. The van der Waals surface area contributed by atoms with E-state index in [1.54, 1.807) is 43.5 Å². The lowest BCUT2D eigenvalue weighted by Gasteiger charge is -2.10. The molecule has 8 heteroatoms. The fraction of sp³-hybridized carbons (Fsp3) is 0.190. The Kier molecular flexibility index (Phi) is 6.95. The molecule has 2 aromatic carbocycles. The van der Waals surface area contributed by atoms with Gasteiger partial charge in [0.25, 0.3) is 0 Å². The van der Waals surface area contributed by atoms with E-state index >= 15 is 0 Å². The van der Waals surface area contributed by atoms with E-state index in [0.29, 0.717) is 39.6 Å². The van der Waals surface area contributed by atoms with Crippen LogP contribution < -0.4 is 9.47 Å². The standard InChI is InChI=1S/C21H20ClN3O3S/c1-4-11-25-20(14-5-7-15(22)8-6-14)23-24-21(25)29-13-18(26)17-10-9-16(27-2)12-19(17)28-3/h4-10,12H,1,11,13H2,2-3H3. The second kappa shape index (κ2) is 9.62. The van der Waals surface area contributed by atoms with Crippen molar-refractivity contribution in [3.63, 3.8) is 0 Å². The third-order valence-electron chi connectivity index (χ3n) is 4.17. The number of aromatic nitrogens is 3. The molecule has 0 bridgehead atoms. The van der Waals surface area contributed by atoms with Gasteiger partial charge in [-0.1, -0.05) is 29.4 Å². The molecule has 6 nitrogen and oxygen atoms in total. The Morgan fingerprint density at radius 2 is 1.93 bits per heavy atom. The van der Waals surface area contributed by atoms with E-state index in [4.69, 9.17) is 21.1 Å². The van der Waals surface area contributed by atoms with E-state index in [2.05, 4.69) is 16.8 Å². The summed E-state index contributed by atoms with van der Waals surface area (Å²) in [7, 11) is 3.09. The van der Waals surface area contributed by atoms with Crippen LogP contribution in [0.15, 0.2) is 60.3 Å². The molecule has 3 aromatic rings. The molecule has 150 valence electrons. The Hall–Kier alpha value is -2.77. The maximum Gasteiger partial charge on any atom is 0.192 e. The summed E-state index contributed by atoms with van der Waals surface area (Å²) < 4.78 is 12.4. The van der Waals surface area contributed by atoms with Crippen LogP contribution in [0.5, 0.6) is 11.5 Å². The summed E-state index contributed by atoms with van der Waals surface area (Å²) in [4.78, 5) is 12.7. The monoisotopic (exact) mass is 429 g/mol. The number of halogens is 1. The number of benzene rings is 2. The van der Waals surface area contributed by atoms with Gasteiger partial charge in [0.2, 0.25) is 0 Å². The number of hydrogen-bond donors (Lipinski definition) is 0. The summed E-state index contributed by atoms with van der Waals surface area (Å²) in [6.07, 6.45) is 1.77. The first-order valence-corrected chi connectivity index (χ1v) is 10.1. The van der Waals surface area contributed by atoms with Gasteiger partial charge in [-0.05, 0) is 36.4 Å². The first-order chi connectivity index (χ1) is 14.1. The number of ketones is 1. The molecule has 0 aliphatic carbocycles. The van der Waals surface area contributed by atoms with Gasteiger partial charge in [-0.15, -0.1) is 16.8 Å². The van der Waals surface area contributed by atoms with Gasteiger partial charge in [0.05, 0.1) is 25.5 Å². The minimum atomic E-state index is -0.0734. The van der Waals surface area contributed by atoms with Crippen LogP contribution in [-0.4, -0.2) is 40.5 Å². The lowest BCUT2D eigenvalue weighted by molar-refractivity contribution is 0.101. The van der Waals surface area contributed by atoms with Crippen LogP contribution >= 0.6 is 23.4 Å². The highest BCUT2D eigenvalue weighted by Gasteiger charge is 2.18. The van der Waals surface area contributed by atoms with Crippen LogP contribution in [0, 0.1) is 0 Å². The molecule has 3 rings (SSSR count). The molecule has 29 heavy (non-hydrogen) atoms. The van der Waals surface area contributed by atoms with E-state index in [9.17, 15) is 4.79 Å². The molecule has 0 aliphatic rings. The van der Waals surface area contributed by atoms with Crippen molar-refractivity contribution in [1.29, 1.82) is 0 Å². The van der Waals surface area contributed by atoms with Gasteiger partial charge >= 0.3 is 0 Å². The van der Waals surface area contributed by atoms with Crippen molar-refractivity contribution >= 4 is 29.1 Å². The van der Waals surface area contributed by atoms with E-state index in [-0.39, 0.29) is 11.5 Å². The number of Topliss-reactive ketones (excluding diaryl/α,β-unsaturated/α-hetero) is 1. The number of nitrogens with zero attached hydrogens (tertiary/aromatic N) is 3. The zero-order valence-corrected chi connectivity index (χ0v) is 17.7. The van der Waals surface area contributed by atoms with Crippen LogP contribution in [0.4, 0.5) is 0 Å². The Morgan fingerprint density at radius 3 is 2.59 bits per heavy atom. The van der Waals surface area contributed by atoms with E-state index in [0.717, 1.165) is 5.56 Å². The lowest BCUT2D eigenvalue weighted by atomic mass is 10.1. The van der Waals surface area contributed by atoms with Gasteiger partial charge in [0.1, 0.15) is 11.5 Å². The van der Waals surface area contributed by atoms with Gasteiger partial charge < -0.3 is 9.47 Å². The maximum atomic E-state index is 12.7. The third-order valence-corrected chi connectivity index (χ3v) is 5.39. The number of allylic oxidation sites excluding steroid dienone is 1. The number of thioether (sulfide) groups is 1. The van der Waals surface area contributed by atoms with Crippen molar-refractivity contribution in [2.24, 2.45) is 0 Å². The average molecular weight is 430 g/mol. The van der Waals surface area contributed by atoms with Crippen LogP contribution in [0.2, 0.25) is 5.02 Å². The van der Waals surface area contributed by atoms with Crippen LogP contribution in [-0.2, 0) is 6.54 Å². The number of hydrogen-bond acceptors (Lipinski definition) is 6. The van der Waals surface area contributed by atoms with Gasteiger partial charge in [0.15, 0.2) is 16.8 Å². The van der Waals surface area contributed by atoms with Gasteiger partial charge in [0, 0.05) is 23.2 Å². The Balaban J connectivity index is 1.81. The molecule has 1 heterocycles. The Morgan fingerprint density at radius 1 is 1.17 bits per heavy atom. The Labute approximate surface area is 178 Å². The number of methoxy groups -OCH3 is 2. The number of carbonyl (C=O) groups excluding carboxylic acids is 1. The van der Waals surface area contributed by atoms with Crippen LogP contribution in [0.25, 0.3) is 11.4 Å². The maximum absolute atomic E-state index is 12.7. The quantitative estimate of drug-likeness (QED) is 0.277. The zero-order chi connectivity index (χ0) is 20.8. The molecular weight excluding hydrogens is 410 g/mol. The van der Waals surface area contributed by atoms with E-state index in [1.165, 1.54) is 18.9 Å². The zero-order valence-electron chi connectivity index (χ0n) is 16.1. The molecular formula is C21H20ClN3O3S. The van der Waals surface area contributed by atoms with Crippen molar-refractivity contribution in [3.05, 3.63) is 65.7 Å². The summed E-state index contributed by atoms with van der Waals surface area (Å²) in [5.41, 5.74) is 1.38. The van der Waals surface area contributed by atoms with E-state index in [1.807, 2.05) is 16.7 Å².